The third-order valence-electron chi connectivity index (χ3n) is 3.91. The monoisotopic (exact) mass is 329 g/mol. The van der Waals surface area contributed by atoms with Gasteiger partial charge in [-0.3, -0.25) is 0 Å². The van der Waals surface area contributed by atoms with Crippen LogP contribution in [0.2, 0.25) is 0 Å². The van der Waals surface area contributed by atoms with Crippen molar-refractivity contribution in [2.45, 2.75) is 57.6 Å². The Bertz CT molecular complexity index is 385. The van der Waals surface area contributed by atoms with Gasteiger partial charge >= 0.3 is 0 Å². The van der Waals surface area contributed by atoms with Crippen molar-refractivity contribution >= 4 is 15.9 Å². The first kappa shape index (κ1) is 15.1. The van der Waals surface area contributed by atoms with Gasteiger partial charge in [-0.05, 0) is 54.7 Å². The highest BCUT2D eigenvalue weighted by Gasteiger charge is 2.44. The summed E-state index contributed by atoms with van der Waals surface area (Å²) in [5.74, 6) is 0.976. The Hall–Kier alpha value is -0.320. The molecule has 1 aromatic heterocycles. The molecule has 1 unspecified atom stereocenters. The first-order valence-electron chi connectivity index (χ1n) is 7.33. The number of nitrogens with one attached hydrogen (secondary N) is 1. The summed E-state index contributed by atoms with van der Waals surface area (Å²) in [5.41, 5.74) is -0.107. The number of halogens is 1. The van der Waals surface area contributed by atoms with Crippen LogP contribution in [0.1, 0.15) is 57.8 Å². The van der Waals surface area contributed by atoms with Crippen LogP contribution in [-0.4, -0.2) is 18.8 Å². The molecule has 1 aromatic rings. The van der Waals surface area contributed by atoms with E-state index in [0.29, 0.717) is 0 Å². The van der Waals surface area contributed by atoms with Crippen molar-refractivity contribution in [2.24, 2.45) is 0 Å². The van der Waals surface area contributed by atoms with Crippen molar-refractivity contribution in [3.8, 4) is 0 Å². The quantitative estimate of drug-likeness (QED) is 0.803. The lowest BCUT2D eigenvalue weighted by Crippen LogP contribution is -2.44. The van der Waals surface area contributed by atoms with Crippen LogP contribution < -0.4 is 5.32 Å². The smallest absolute Gasteiger partial charge is 0.137 e. The van der Waals surface area contributed by atoms with Crippen LogP contribution in [-0.2, 0) is 4.74 Å². The zero-order valence-corrected chi connectivity index (χ0v) is 13.5. The van der Waals surface area contributed by atoms with E-state index in [4.69, 9.17) is 9.15 Å². The molecule has 0 saturated heterocycles. The van der Waals surface area contributed by atoms with Gasteiger partial charge in [0.05, 0.1) is 22.4 Å². The third-order valence-corrected chi connectivity index (χ3v) is 4.57. The molecule has 1 aliphatic rings. The Kier molecular flexibility index (Phi) is 5.48. The minimum Gasteiger partial charge on any atom is -0.466 e. The topological polar surface area (TPSA) is 34.4 Å². The van der Waals surface area contributed by atoms with Gasteiger partial charge in [0, 0.05) is 6.61 Å². The lowest BCUT2D eigenvalue weighted by molar-refractivity contribution is -0.0672. The summed E-state index contributed by atoms with van der Waals surface area (Å²) in [4.78, 5) is 0. The van der Waals surface area contributed by atoms with Crippen LogP contribution in [0, 0.1) is 0 Å². The van der Waals surface area contributed by atoms with E-state index in [1.165, 1.54) is 12.8 Å². The Balaban J connectivity index is 2.27. The highest BCUT2D eigenvalue weighted by molar-refractivity contribution is 9.10. The van der Waals surface area contributed by atoms with Crippen LogP contribution in [0.25, 0.3) is 0 Å². The van der Waals surface area contributed by atoms with Gasteiger partial charge in [-0.25, -0.2) is 0 Å². The maximum Gasteiger partial charge on any atom is 0.137 e. The zero-order chi connectivity index (χ0) is 13.7. The molecule has 1 atom stereocenters. The molecule has 0 amide bonds. The highest BCUT2D eigenvalue weighted by atomic mass is 79.9. The second-order valence-electron chi connectivity index (χ2n) is 5.22. The molecule has 108 valence electrons. The van der Waals surface area contributed by atoms with Crippen molar-refractivity contribution < 1.29 is 9.15 Å². The van der Waals surface area contributed by atoms with E-state index in [9.17, 15) is 0 Å². The lowest BCUT2D eigenvalue weighted by Gasteiger charge is -2.37. The second-order valence-corrected chi connectivity index (χ2v) is 6.08. The molecule has 0 spiro atoms. The maximum absolute atomic E-state index is 6.19. The van der Waals surface area contributed by atoms with E-state index in [0.717, 1.165) is 42.6 Å². The molecule has 0 radical (unpaired) electrons. The average molecular weight is 330 g/mol. The van der Waals surface area contributed by atoms with Gasteiger partial charge < -0.3 is 14.5 Å². The van der Waals surface area contributed by atoms with Crippen molar-refractivity contribution in [3.05, 3.63) is 22.6 Å². The number of furan rings is 1. The van der Waals surface area contributed by atoms with Crippen LogP contribution in [0.4, 0.5) is 0 Å². The van der Waals surface area contributed by atoms with E-state index in [-0.39, 0.29) is 11.6 Å². The minimum atomic E-state index is -0.107. The average Bonchev–Trinajstić information content (AvgIpc) is 3.02. The van der Waals surface area contributed by atoms with E-state index in [1.54, 1.807) is 6.26 Å². The third kappa shape index (κ3) is 3.23. The molecule has 3 nitrogen and oxygen atoms in total. The molecule has 0 aromatic carbocycles. The van der Waals surface area contributed by atoms with E-state index in [1.807, 2.05) is 6.07 Å². The molecule has 4 heteroatoms. The molecule has 19 heavy (non-hydrogen) atoms. The van der Waals surface area contributed by atoms with Gasteiger partial charge in [0.15, 0.2) is 0 Å². The summed E-state index contributed by atoms with van der Waals surface area (Å²) in [6.07, 6.45) is 7.54. The van der Waals surface area contributed by atoms with Crippen LogP contribution in [0.3, 0.4) is 0 Å². The van der Waals surface area contributed by atoms with E-state index < -0.39 is 0 Å². The van der Waals surface area contributed by atoms with Gasteiger partial charge in [-0.2, -0.15) is 0 Å². The fourth-order valence-corrected chi connectivity index (χ4v) is 3.53. The molecular weight excluding hydrogens is 306 g/mol. The Morgan fingerprint density at radius 3 is 2.68 bits per heavy atom. The number of ether oxygens (including phenoxy) is 1. The van der Waals surface area contributed by atoms with Gasteiger partial charge in [0.2, 0.25) is 0 Å². The van der Waals surface area contributed by atoms with Gasteiger partial charge in [0.1, 0.15) is 5.76 Å². The first-order valence-corrected chi connectivity index (χ1v) is 8.13. The summed E-state index contributed by atoms with van der Waals surface area (Å²) in [5, 5.41) is 3.63. The molecule has 1 fully saturated rings. The Morgan fingerprint density at radius 1 is 1.42 bits per heavy atom. The molecule has 0 bridgehead atoms. The van der Waals surface area contributed by atoms with E-state index >= 15 is 0 Å². The van der Waals surface area contributed by atoms with Crippen molar-refractivity contribution in [1.82, 2.24) is 5.32 Å². The number of rotatable bonds is 7. The molecular formula is C15H24BrNO2. The standard InChI is InChI=1S/C15H24BrNO2/c1-3-10-17-14(13-12(16)7-11-18-13)15(19-4-2)8-5-6-9-15/h7,11,14,17H,3-6,8-10H2,1-2H3. The molecule has 2 rings (SSSR count). The van der Waals surface area contributed by atoms with Crippen molar-refractivity contribution in [3.63, 3.8) is 0 Å². The normalized spacial score (nSPS) is 19.7. The first-order chi connectivity index (χ1) is 9.23. The lowest BCUT2D eigenvalue weighted by atomic mass is 9.89. The predicted molar refractivity (Wildman–Crippen MR) is 80.3 cm³/mol. The summed E-state index contributed by atoms with van der Waals surface area (Å²) in [6, 6.07) is 2.10. The SMILES string of the molecule is CCCNC(c1occc1Br)C1(OCC)CCCC1. The van der Waals surface area contributed by atoms with Gasteiger partial charge in [-0.15, -0.1) is 0 Å². The van der Waals surface area contributed by atoms with Gasteiger partial charge in [0.25, 0.3) is 0 Å². The Labute approximate surface area is 124 Å². The van der Waals surface area contributed by atoms with Crippen molar-refractivity contribution in [1.29, 1.82) is 0 Å². The maximum atomic E-state index is 6.19. The predicted octanol–water partition coefficient (Wildman–Crippen LogP) is 4.43. The summed E-state index contributed by atoms with van der Waals surface area (Å²) in [7, 11) is 0. The zero-order valence-electron chi connectivity index (χ0n) is 11.9. The van der Waals surface area contributed by atoms with Gasteiger partial charge in [-0.1, -0.05) is 19.8 Å². The van der Waals surface area contributed by atoms with E-state index in [2.05, 4.69) is 35.1 Å². The molecule has 1 heterocycles. The summed E-state index contributed by atoms with van der Waals surface area (Å²) >= 11 is 3.59. The molecule has 0 aliphatic heterocycles. The summed E-state index contributed by atoms with van der Waals surface area (Å²) < 4.78 is 12.9. The fourth-order valence-electron chi connectivity index (χ4n) is 3.09. The molecule has 1 saturated carbocycles. The second kappa shape index (κ2) is 6.91. The minimum absolute atomic E-state index is 0.107. The summed E-state index contributed by atoms with van der Waals surface area (Å²) in [6.45, 7) is 5.99. The van der Waals surface area contributed by atoms with Crippen LogP contribution >= 0.6 is 15.9 Å². The highest BCUT2D eigenvalue weighted by Crippen LogP contribution is 2.44. The number of hydrogen-bond donors (Lipinski definition) is 1. The number of hydrogen-bond acceptors (Lipinski definition) is 3. The largest absolute Gasteiger partial charge is 0.466 e. The van der Waals surface area contributed by atoms with Crippen LogP contribution in [0.5, 0.6) is 0 Å². The van der Waals surface area contributed by atoms with Crippen LogP contribution in [0.15, 0.2) is 21.2 Å². The van der Waals surface area contributed by atoms with Crippen molar-refractivity contribution in [2.75, 3.05) is 13.2 Å². The Morgan fingerprint density at radius 2 is 2.16 bits per heavy atom. The fraction of sp³-hybridized carbons (Fsp3) is 0.733. The molecule has 1 N–H and O–H groups in total. The molecule has 1 aliphatic carbocycles.